The molecule has 0 fully saturated rings. The number of benzene rings is 2. The third-order valence-electron chi connectivity index (χ3n) is 6.28. The highest BCUT2D eigenvalue weighted by atomic mass is 16.3. The van der Waals surface area contributed by atoms with Crippen molar-refractivity contribution in [2.45, 2.75) is 70.9 Å². The van der Waals surface area contributed by atoms with Crippen LogP contribution in [0, 0.1) is 0 Å². The number of phenols is 1. The number of nitrogens with zero attached hydrogens (tertiary/aromatic N) is 1. The van der Waals surface area contributed by atoms with Crippen LogP contribution in [-0.2, 0) is 31.2 Å². The fraction of sp³-hybridized carbons (Fsp3) is 0.500. The lowest BCUT2D eigenvalue weighted by Gasteiger charge is -2.28. The van der Waals surface area contributed by atoms with Gasteiger partial charge in [-0.15, -0.1) is 0 Å². The maximum atomic E-state index is 10.8. The topological polar surface area (TPSA) is 23.5 Å². The average molecular weight is 350 g/mol. The molecule has 2 aromatic rings. The lowest BCUT2D eigenvalue weighted by atomic mass is 9.85. The summed E-state index contributed by atoms with van der Waals surface area (Å²) in [6.45, 7) is 7.26. The van der Waals surface area contributed by atoms with Gasteiger partial charge in [0, 0.05) is 18.2 Å². The van der Waals surface area contributed by atoms with Gasteiger partial charge in [0.05, 0.1) is 0 Å². The van der Waals surface area contributed by atoms with Gasteiger partial charge in [0.15, 0.2) is 0 Å². The molecule has 2 heteroatoms. The first-order valence-corrected chi connectivity index (χ1v) is 10.0. The molecular formula is C24H31NO. The fourth-order valence-electron chi connectivity index (χ4n) is 4.83. The van der Waals surface area contributed by atoms with Gasteiger partial charge in [-0.2, -0.15) is 0 Å². The van der Waals surface area contributed by atoms with Gasteiger partial charge in [0.25, 0.3) is 0 Å². The molecule has 0 amide bonds. The first-order chi connectivity index (χ1) is 12.3. The summed E-state index contributed by atoms with van der Waals surface area (Å²) in [4.78, 5) is 2.43. The van der Waals surface area contributed by atoms with Crippen LogP contribution in [0.1, 0.15) is 73.0 Å². The van der Waals surface area contributed by atoms with Crippen LogP contribution in [0.2, 0.25) is 0 Å². The molecule has 2 aromatic carbocycles. The standard InChI is InChI=1S/C24H31NO/c1-24(2,3)21-10-6-9-19(23(21)26)15-25(4)22-12-11-18-13-16-7-5-8-17(16)14-20(18)22/h6,9-10,13-14,22,26H,5,7-8,11-12,15H2,1-4H3. The maximum absolute atomic E-state index is 10.8. The number of phenolic OH excluding ortho intramolecular Hbond substituents is 1. The molecule has 2 aliphatic carbocycles. The van der Waals surface area contributed by atoms with Crippen molar-refractivity contribution in [3.8, 4) is 5.75 Å². The summed E-state index contributed by atoms with van der Waals surface area (Å²) in [5.41, 5.74) is 8.26. The van der Waals surface area contributed by atoms with Crippen molar-refractivity contribution in [2.75, 3.05) is 7.05 Å². The van der Waals surface area contributed by atoms with Crippen LogP contribution in [0.25, 0.3) is 0 Å². The van der Waals surface area contributed by atoms with E-state index in [9.17, 15) is 5.11 Å². The van der Waals surface area contributed by atoms with Crippen LogP contribution in [0.3, 0.4) is 0 Å². The lowest BCUT2D eigenvalue weighted by Crippen LogP contribution is -2.23. The molecule has 2 nitrogen and oxygen atoms in total. The van der Waals surface area contributed by atoms with Crippen molar-refractivity contribution in [3.63, 3.8) is 0 Å². The minimum atomic E-state index is -0.0425. The average Bonchev–Trinajstić information content (AvgIpc) is 3.19. The van der Waals surface area contributed by atoms with Crippen LogP contribution in [0.5, 0.6) is 5.75 Å². The quantitative estimate of drug-likeness (QED) is 0.813. The Morgan fingerprint density at radius 2 is 1.77 bits per heavy atom. The van der Waals surface area contributed by atoms with Crippen molar-refractivity contribution in [2.24, 2.45) is 0 Å². The van der Waals surface area contributed by atoms with Crippen LogP contribution >= 0.6 is 0 Å². The minimum Gasteiger partial charge on any atom is -0.507 e. The second kappa shape index (κ2) is 6.42. The Hall–Kier alpha value is -1.80. The van der Waals surface area contributed by atoms with Crippen molar-refractivity contribution < 1.29 is 5.11 Å². The van der Waals surface area contributed by atoms with E-state index in [2.05, 4.69) is 57.0 Å². The molecule has 0 aromatic heterocycles. The van der Waals surface area contributed by atoms with Crippen LogP contribution in [0.4, 0.5) is 0 Å². The lowest BCUT2D eigenvalue weighted by molar-refractivity contribution is 0.232. The zero-order valence-corrected chi connectivity index (χ0v) is 16.6. The normalized spacial score (nSPS) is 19.0. The Kier molecular flexibility index (Phi) is 4.35. The minimum absolute atomic E-state index is 0.0425. The van der Waals surface area contributed by atoms with Gasteiger partial charge in [-0.3, -0.25) is 4.90 Å². The summed E-state index contributed by atoms with van der Waals surface area (Å²) in [6.07, 6.45) is 6.19. The largest absolute Gasteiger partial charge is 0.507 e. The van der Waals surface area contributed by atoms with E-state index in [0.717, 1.165) is 17.7 Å². The van der Waals surface area contributed by atoms with Gasteiger partial charge in [0.1, 0.15) is 5.75 Å². The summed E-state index contributed by atoms with van der Waals surface area (Å²) >= 11 is 0. The third-order valence-corrected chi connectivity index (χ3v) is 6.28. The molecule has 1 N–H and O–H groups in total. The van der Waals surface area contributed by atoms with Crippen molar-refractivity contribution in [1.82, 2.24) is 4.90 Å². The molecule has 26 heavy (non-hydrogen) atoms. The fourth-order valence-corrected chi connectivity index (χ4v) is 4.83. The summed E-state index contributed by atoms with van der Waals surface area (Å²) in [5, 5.41) is 10.8. The van der Waals surface area contributed by atoms with Crippen molar-refractivity contribution in [3.05, 3.63) is 63.7 Å². The van der Waals surface area contributed by atoms with Gasteiger partial charge >= 0.3 is 0 Å². The SMILES string of the molecule is CN(Cc1cccc(C(C)(C)C)c1O)C1CCc2cc3c(cc21)CCC3. The molecule has 0 spiro atoms. The smallest absolute Gasteiger partial charge is 0.123 e. The van der Waals surface area contributed by atoms with Crippen molar-refractivity contribution in [1.29, 1.82) is 0 Å². The molecule has 0 heterocycles. The van der Waals surface area contributed by atoms with E-state index >= 15 is 0 Å². The van der Waals surface area contributed by atoms with Gasteiger partial charge in [0.2, 0.25) is 0 Å². The summed E-state index contributed by atoms with van der Waals surface area (Å²) in [5.74, 6) is 0.471. The van der Waals surface area contributed by atoms with Crippen LogP contribution < -0.4 is 0 Å². The highest BCUT2D eigenvalue weighted by molar-refractivity contribution is 5.46. The van der Waals surface area contributed by atoms with Crippen LogP contribution in [0.15, 0.2) is 30.3 Å². The first kappa shape index (κ1) is 17.6. The highest BCUT2D eigenvalue weighted by Crippen LogP contribution is 2.40. The molecule has 0 saturated heterocycles. The Balaban J connectivity index is 1.59. The molecule has 0 radical (unpaired) electrons. The van der Waals surface area contributed by atoms with E-state index in [1.165, 1.54) is 37.7 Å². The maximum Gasteiger partial charge on any atom is 0.123 e. The summed E-state index contributed by atoms with van der Waals surface area (Å²) in [6, 6.07) is 11.6. The Morgan fingerprint density at radius 1 is 1.04 bits per heavy atom. The van der Waals surface area contributed by atoms with E-state index in [1.807, 2.05) is 6.07 Å². The zero-order valence-electron chi connectivity index (χ0n) is 16.6. The second-order valence-electron chi connectivity index (χ2n) is 9.21. The molecular weight excluding hydrogens is 318 g/mol. The molecule has 2 aliphatic rings. The number of hydrogen-bond acceptors (Lipinski definition) is 2. The summed E-state index contributed by atoms with van der Waals surface area (Å²) < 4.78 is 0. The van der Waals surface area contributed by atoms with Gasteiger partial charge < -0.3 is 5.11 Å². The number of para-hydroxylation sites is 1. The monoisotopic (exact) mass is 349 g/mol. The van der Waals surface area contributed by atoms with E-state index in [4.69, 9.17) is 0 Å². The molecule has 1 atom stereocenters. The van der Waals surface area contributed by atoms with E-state index < -0.39 is 0 Å². The van der Waals surface area contributed by atoms with Gasteiger partial charge in [-0.1, -0.05) is 51.1 Å². The number of fused-ring (bicyclic) bond motifs is 2. The number of aryl methyl sites for hydroxylation is 3. The van der Waals surface area contributed by atoms with Gasteiger partial charge in [-0.25, -0.2) is 0 Å². The highest BCUT2D eigenvalue weighted by Gasteiger charge is 2.29. The number of aromatic hydroxyl groups is 1. The number of rotatable bonds is 3. The van der Waals surface area contributed by atoms with E-state index in [1.54, 1.807) is 16.7 Å². The first-order valence-electron chi connectivity index (χ1n) is 10.0. The van der Waals surface area contributed by atoms with Crippen molar-refractivity contribution >= 4 is 0 Å². The predicted octanol–water partition coefficient (Wildman–Crippen LogP) is 5.30. The van der Waals surface area contributed by atoms with E-state index in [-0.39, 0.29) is 5.41 Å². The molecule has 1 unspecified atom stereocenters. The molecule has 0 aliphatic heterocycles. The molecule has 138 valence electrons. The molecule has 0 saturated carbocycles. The van der Waals surface area contributed by atoms with Crippen LogP contribution in [-0.4, -0.2) is 17.1 Å². The molecule has 4 rings (SSSR count). The molecule has 0 bridgehead atoms. The zero-order chi connectivity index (χ0) is 18.5. The predicted molar refractivity (Wildman–Crippen MR) is 108 cm³/mol. The third kappa shape index (κ3) is 3.05. The van der Waals surface area contributed by atoms with E-state index in [0.29, 0.717) is 11.8 Å². The van der Waals surface area contributed by atoms with Gasteiger partial charge in [-0.05, 0) is 72.4 Å². The Bertz CT molecular complexity index is 831. The number of hydrogen-bond donors (Lipinski definition) is 1. The second-order valence-corrected chi connectivity index (χ2v) is 9.21. The summed E-state index contributed by atoms with van der Waals surface area (Å²) in [7, 11) is 2.20. The Morgan fingerprint density at radius 3 is 2.50 bits per heavy atom. The Labute approximate surface area is 157 Å².